The zero-order chi connectivity index (χ0) is 15.9. The van der Waals surface area contributed by atoms with E-state index in [1.807, 2.05) is 31.2 Å². The average molecular weight is 320 g/mol. The van der Waals surface area contributed by atoms with Gasteiger partial charge in [-0.1, -0.05) is 23.5 Å². The Morgan fingerprint density at radius 1 is 1.27 bits per heavy atom. The number of esters is 1. The zero-order valence-electron chi connectivity index (χ0n) is 12.3. The van der Waals surface area contributed by atoms with Gasteiger partial charge < -0.3 is 14.8 Å². The number of carbonyl (C=O) groups excluding carboxylic acids is 2. The Kier molecular flexibility index (Phi) is 5.48. The van der Waals surface area contributed by atoms with E-state index in [1.165, 1.54) is 13.3 Å². The zero-order valence-corrected chi connectivity index (χ0v) is 13.1. The molecule has 1 N–H and O–H groups in total. The molecule has 7 heteroatoms. The van der Waals surface area contributed by atoms with Crippen LogP contribution in [0.2, 0.25) is 0 Å². The van der Waals surface area contributed by atoms with Gasteiger partial charge in [0.15, 0.2) is 5.13 Å². The van der Waals surface area contributed by atoms with Crippen molar-refractivity contribution in [3.8, 4) is 5.75 Å². The fourth-order valence-corrected chi connectivity index (χ4v) is 2.50. The summed E-state index contributed by atoms with van der Waals surface area (Å²) in [6.45, 7) is 2.52. The molecule has 0 spiro atoms. The maximum atomic E-state index is 11.9. The molecule has 0 unspecified atom stereocenters. The molecule has 1 heterocycles. The lowest BCUT2D eigenvalue weighted by Crippen LogP contribution is -2.14. The SMILES string of the molecule is CCOc1ccc(CC(=O)Nc2ncc(C(=O)OC)s2)cc1. The van der Waals surface area contributed by atoms with Gasteiger partial charge in [-0.25, -0.2) is 9.78 Å². The second-order valence-corrected chi connectivity index (χ2v) is 5.35. The lowest BCUT2D eigenvalue weighted by atomic mass is 10.1. The molecule has 0 atom stereocenters. The minimum atomic E-state index is -0.468. The summed E-state index contributed by atoms with van der Waals surface area (Å²) in [6, 6.07) is 7.33. The first-order valence-electron chi connectivity index (χ1n) is 6.68. The first-order chi connectivity index (χ1) is 10.6. The number of rotatable bonds is 6. The second kappa shape index (κ2) is 7.56. The molecule has 0 aliphatic heterocycles. The van der Waals surface area contributed by atoms with E-state index < -0.39 is 5.97 Å². The minimum absolute atomic E-state index is 0.199. The highest BCUT2D eigenvalue weighted by molar-refractivity contribution is 7.17. The molecule has 0 saturated heterocycles. The summed E-state index contributed by atoms with van der Waals surface area (Å²) >= 11 is 1.08. The van der Waals surface area contributed by atoms with Crippen LogP contribution in [-0.4, -0.2) is 30.6 Å². The van der Waals surface area contributed by atoms with Crippen LogP contribution in [0, 0.1) is 0 Å². The highest BCUT2D eigenvalue weighted by Crippen LogP contribution is 2.19. The third-order valence-electron chi connectivity index (χ3n) is 2.74. The number of hydrogen-bond donors (Lipinski definition) is 1. The van der Waals surface area contributed by atoms with E-state index in [-0.39, 0.29) is 12.3 Å². The quantitative estimate of drug-likeness (QED) is 0.828. The Balaban J connectivity index is 1.92. The molecule has 2 aromatic rings. The third-order valence-corrected chi connectivity index (χ3v) is 3.63. The van der Waals surface area contributed by atoms with Gasteiger partial charge in [-0.15, -0.1) is 0 Å². The summed E-state index contributed by atoms with van der Waals surface area (Å²) in [5.41, 5.74) is 0.866. The van der Waals surface area contributed by atoms with E-state index >= 15 is 0 Å². The molecule has 1 amide bonds. The van der Waals surface area contributed by atoms with Gasteiger partial charge in [0.25, 0.3) is 0 Å². The van der Waals surface area contributed by atoms with Crippen LogP contribution in [0.3, 0.4) is 0 Å². The fourth-order valence-electron chi connectivity index (χ4n) is 1.75. The van der Waals surface area contributed by atoms with Gasteiger partial charge in [-0.2, -0.15) is 0 Å². The summed E-state index contributed by atoms with van der Waals surface area (Å²) in [7, 11) is 1.30. The predicted octanol–water partition coefficient (Wildman–Crippen LogP) is 2.51. The van der Waals surface area contributed by atoms with Gasteiger partial charge in [0.2, 0.25) is 5.91 Å². The van der Waals surface area contributed by atoms with Crippen LogP contribution in [0.5, 0.6) is 5.75 Å². The number of nitrogens with one attached hydrogen (secondary N) is 1. The number of aromatic nitrogens is 1. The topological polar surface area (TPSA) is 77.5 Å². The molecule has 1 aromatic carbocycles. The Labute approximate surface area is 132 Å². The van der Waals surface area contributed by atoms with Crippen molar-refractivity contribution in [1.29, 1.82) is 0 Å². The monoisotopic (exact) mass is 320 g/mol. The summed E-state index contributed by atoms with van der Waals surface area (Å²) in [5, 5.41) is 3.03. The van der Waals surface area contributed by atoms with Crippen LogP contribution in [0.1, 0.15) is 22.2 Å². The van der Waals surface area contributed by atoms with Gasteiger partial charge in [-0.3, -0.25) is 4.79 Å². The fraction of sp³-hybridized carbons (Fsp3) is 0.267. The van der Waals surface area contributed by atoms with Crippen LogP contribution < -0.4 is 10.1 Å². The number of anilines is 1. The van der Waals surface area contributed by atoms with E-state index in [2.05, 4.69) is 15.0 Å². The Hall–Kier alpha value is -2.41. The number of carbonyl (C=O) groups is 2. The van der Waals surface area contributed by atoms with Gasteiger partial charge >= 0.3 is 5.97 Å². The van der Waals surface area contributed by atoms with Crippen molar-refractivity contribution in [2.75, 3.05) is 19.0 Å². The maximum absolute atomic E-state index is 11.9. The van der Waals surface area contributed by atoms with E-state index in [9.17, 15) is 9.59 Å². The number of ether oxygens (including phenoxy) is 2. The highest BCUT2D eigenvalue weighted by atomic mass is 32.1. The van der Waals surface area contributed by atoms with E-state index in [0.29, 0.717) is 16.6 Å². The molecule has 0 fully saturated rings. The van der Waals surface area contributed by atoms with Crippen LogP contribution in [-0.2, 0) is 16.0 Å². The average Bonchev–Trinajstić information content (AvgIpc) is 2.97. The molecular weight excluding hydrogens is 304 g/mol. The number of nitrogens with zero attached hydrogens (tertiary/aromatic N) is 1. The first-order valence-corrected chi connectivity index (χ1v) is 7.49. The van der Waals surface area contributed by atoms with Crippen molar-refractivity contribution < 1.29 is 19.1 Å². The molecule has 0 bridgehead atoms. The van der Waals surface area contributed by atoms with E-state index in [0.717, 1.165) is 22.6 Å². The number of thiazole rings is 1. The second-order valence-electron chi connectivity index (χ2n) is 4.32. The summed E-state index contributed by atoms with van der Waals surface area (Å²) in [5.74, 6) is 0.105. The molecule has 0 aliphatic rings. The third kappa shape index (κ3) is 4.29. The molecule has 0 radical (unpaired) electrons. The molecular formula is C15H16N2O4S. The van der Waals surface area contributed by atoms with Crippen LogP contribution in [0.25, 0.3) is 0 Å². The van der Waals surface area contributed by atoms with Crippen LogP contribution >= 0.6 is 11.3 Å². The van der Waals surface area contributed by atoms with Crippen molar-refractivity contribution in [2.45, 2.75) is 13.3 Å². The summed E-state index contributed by atoms with van der Waals surface area (Å²) < 4.78 is 9.93. The largest absolute Gasteiger partial charge is 0.494 e. The van der Waals surface area contributed by atoms with Crippen LogP contribution in [0.15, 0.2) is 30.5 Å². The predicted molar refractivity (Wildman–Crippen MR) is 83.4 cm³/mol. The normalized spacial score (nSPS) is 10.1. The Morgan fingerprint density at radius 2 is 2.00 bits per heavy atom. The van der Waals surface area contributed by atoms with Crippen LogP contribution in [0.4, 0.5) is 5.13 Å². The molecule has 1 aromatic heterocycles. The first kappa shape index (κ1) is 16.0. The molecule has 6 nitrogen and oxygen atoms in total. The van der Waals surface area contributed by atoms with Gasteiger partial charge in [-0.05, 0) is 24.6 Å². The molecule has 22 heavy (non-hydrogen) atoms. The highest BCUT2D eigenvalue weighted by Gasteiger charge is 2.12. The van der Waals surface area contributed by atoms with Crippen molar-refractivity contribution >= 4 is 28.3 Å². The lowest BCUT2D eigenvalue weighted by molar-refractivity contribution is -0.115. The number of benzene rings is 1. The van der Waals surface area contributed by atoms with Crippen molar-refractivity contribution in [3.63, 3.8) is 0 Å². The molecule has 0 aliphatic carbocycles. The smallest absolute Gasteiger partial charge is 0.349 e. The molecule has 2 rings (SSSR count). The molecule has 0 saturated carbocycles. The number of methoxy groups -OCH3 is 1. The van der Waals surface area contributed by atoms with Gasteiger partial charge in [0.1, 0.15) is 10.6 Å². The maximum Gasteiger partial charge on any atom is 0.349 e. The number of hydrogen-bond acceptors (Lipinski definition) is 6. The van der Waals surface area contributed by atoms with Gasteiger partial charge in [0, 0.05) is 0 Å². The minimum Gasteiger partial charge on any atom is -0.494 e. The number of amides is 1. The Bertz CT molecular complexity index is 652. The van der Waals surface area contributed by atoms with E-state index in [1.54, 1.807) is 0 Å². The lowest BCUT2D eigenvalue weighted by Gasteiger charge is -2.05. The van der Waals surface area contributed by atoms with E-state index in [4.69, 9.17) is 4.74 Å². The van der Waals surface area contributed by atoms with Crippen molar-refractivity contribution in [3.05, 3.63) is 40.9 Å². The van der Waals surface area contributed by atoms with Crippen molar-refractivity contribution in [1.82, 2.24) is 4.98 Å². The standard InChI is InChI=1S/C15H16N2O4S/c1-3-21-11-6-4-10(5-7-11)8-13(18)17-15-16-9-12(22-15)14(19)20-2/h4-7,9H,3,8H2,1-2H3,(H,16,17,18). The Morgan fingerprint density at radius 3 is 2.64 bits per heavy atom. The summed E-state index contributed by atoms with van der Waals surface area (Å²) in [4.78, 5) is 27.6. The van der Waals surface area contributed by atoms with Crippen molar-refractivity contribution in [2.24, 2.45) is 0 Å². The van der Waals surface area contributed by atoms with Gasteiger partial charge in [0.05, 0.1) is 26.3 Å². The molecule has 116 valence electrons. The summed E-state index contributed by atoms with van der Waals surface area (Å²) in [6.07, 6.45) is 1.60.